The number of carboxylic acids is 2. The molecule has 8 heteroatoms. The number of carbonyl (C=O) groups is 2. The average molecular weight is 372 g/mol. The molecule has 150 valence electrons. The molecule has 0 spiro atoms. The first kappa shape index (κ1) is 24.3. The molecule has 0 aliphatic rings. The van der Waals surface area contributed by atoms with Crippen LogP contribution in [0.1, 0.15) is 34.1 Å². The largest absolute Gasteiger partial charge is 0.550 e. The van der Waals surface area contributed by atoms with Gasteiger partial charge in [-0.2, -0.15) is 0 Å². The Labute approximate surface area is 153 Å². The summed E-state index contributed by atoms with van der Waals surface area (Å²) in [7, 11) is 0. The summed E-state index contributed by atoms with van der Waals surface area (Å²) in [5.74, 6) is -3.56. The van der Waals surface area contributed by atoms with Gasteiger partial charge in [-0.3, -0.25) is 0 Å². The minimum Gasteiger partial charge on any atom is -0.550 e. The van der Waals surface area contributed by atoms with Crippen LogP contribution in [0.4, 0.5) is 0 Å². The van der Waals surface area contributed by atoms with Crippen LogP contribution in [0.15, 0.2) is 24.3 Å². The summed E-state index contributed by atoms with van der Waals surface area (Å²) in [6, 6.07) is 0. The van der Waals surface area contributed by atoms with Gasteiger partial charge in [0, 0.05) is 12.4 Å². The number of rotatable bonds is 13. The molecule has 0 aliphatic carbocycles. The monoisotopic (exact) mass is 372 g/mol. The van der Waals surface area contributed by atoms with Gasteiger partial charge in [0.1, 0.15) is 0 Å². The molecular formula is C18H28O8-2. The van der Waals surface area contributed by atoms with Crippen molar-refractivity contribution < 1.29 is 39.5 Å². The lowest BCUT2D eigenvalue weighted by molar-refractivity contribution is -0.345. The number of carboxylic acid groups (broad SMARTS) is 2. The van der Waals surface area contributed by atoms with E-state index in [9.17, 15) is 30.0 Å². The summed E-state index contributed by atoms with van der Waals surface area (Å²) >= 11 is 0. The van der Waals surface area contributed by atoms with Crippen LogP contribution in [-0.4, -0.2) is 59.8 Å². The van der Waals surface area contributed by atoms with Crippen LogP contribution in [-0.2, 0) is 19.1 Å². The number of hydrogen-bond donors (Lipinski definition) is 2. The predicted molar refractivity (Wildman–Crippen MR) is 89.5 cm³/mol. The fourth-order valence-electron chi connectivity index (χ4n) is 2.81. The second-order valence-electron chi connectivity index (χ2n) is 6.74. The van der Waals surface area contributed by atoms with Crippen molar-refractivity contribution in [3.05, 3.63) is 24.3 Å². The molecule has 0 bridgehead atoms. The zero-order valence-electron chi connectivity index (χ0n) is 15.7. The molecule has 0 saturated carbocycles. The van der Waals surface area contributed by atoms with E-state index >= 15 is 0 Å². The molecule has 0 aromatic rings. The number of ether oxygens (including phenoxy) is 2. The number of carbonyl (C=O) groups excluding carboxylic acids is 2. The first-order chi connectivity index (χ1) is 11.9. The van der Waals surface area contributed by atoms with Crippen LogP contribution in [0.5, 0.6) is 0 Å². The fourth-order valence-corrected chi connectivity index (χ4v) is 2.81. The quantitative estimate of drug-likeness (QED) is 0.374. The van der Waals surface area contributed by atoms with Crippen molar-refractivity contribution >= 4 is 11.9 Å². The van der Waals surface area contributed by atoms with Gasteiger partial charge in [-0.05, 0) is 27.7 Å². The molecule has 0 radical (unpaired) electrons. The van der Waals surface area contributed by atoms with Crippen LogP contribution in [0.25, 0.3) is 0 Å². The standard InChI is InChI=1S/C18H30O8/c1-10(2)8-25-15(12(5)19)18(17(23)24,7-14(21)22)16(13(6)20)26-9-11(3)4/h12-13,15-16,19-20H,1,3,7-9H2,2,4-6H3,(H,21,22)(H,23,24)/p-2. The minimum absolute atomic E-state index is 0.134. The number of aliphatic carboxylic acids is 2. The molecule has 0 saturated heterocycles. The van der Waals surface area contributed by atoms with Crippen LogP contribution in [0.3, 0.4) is 0 Å². The van der Waals surface area contributed by atoms with Crippen molar-refractivity contribution in [3.8, 4) is 0 Å². The Hall–Kier alpha value is -1.74. The highest BCUT2D eigenvalue weighted by molar-refractivity contribution is 5.81. The van der Waals surface area contributed by atoms with Crippen molar-refractivity contribution in [1.29, 1.82) is 0 Å². The third kappa shape index (κ3) is 6.53. The summed E-state index contributed by atoms with van der Waals surface area (Å²) < 4.78 is 10.9. The Morgan fingerprint density at radius 1 is 0.962 bits per heavy atom. The van der Waals surface area contributed by atoms with Crippen molar-refractivity contribution in [2.24, 2.45) is 5.41 Å². The highest BCUT2D eigenvalue weighted by Crippen LogP contribution is 2.38. The van der Waals surface area contributed by atoms with Crippen molar-refractivity contribution in [1.82, 2.24) is 0 Å². The van der Waals surface area contributed by atoms with Crippen molar-refractivity contribution in [2.45, 2.75) is 58.5 Å². The summed E-state index contributed by atoms with van der Waals surface area (Å²) in [6.45, 7) is 12.7. The molecule has 4 unspecified atom stereocenters. The third-order valence-electron chi connectivity index (χ3n) is 3.73. The van der Waals surface area contributed by atoms with Gasteiger partial charge in [-0.25, -0.2) is 0 Å². The van der Waals surface area contributed by atoms with Gasteiger partial charge in [0.25, 0.3) is 0 Å². The lowest BCUT2D eigenvalue weighted by atomic mass is 9.70. The molecule has 0 aliphatic heterocycles. The Balaban J connectivity index is 6.31. The topological polar surface area (TPSA) is 139 Å². The van der Waals surface area contributed by atoms with E-state index in [0.29, 0.717) is 11.1 Å². The van der Waals surface area contributed by atoms with Gasteiger partial charge in [-0.15, -0.1) is 0 Å². The first-order valence-corrected chi connectivity index (χ1v) is 8.15. The Kier molecular flexibility index (Phi) is 9.72. The van der Waals surface area contributed by atoms with Gasteiger partial charge < -0.3 is 39.5 Å². The first-order valence-electron chi connectivity index (χ1n) is 8.15. The highest BCUT2D eigenvalue weighted by atomic mass is 16.5. The maximum Gasteiger partial charge on any atom is 0.0973 e. The van der Waals surface area contributed by atoms with E-state index in [0.717, 1.165) is 0 Å². The summed E-state index contributed by atoms with van der Waals surface area (Å²) in [5, 5.41) is 43.7. The van der Waals surface area contributed by atoms with Gasteiger partial charge in [0.15, 0.2) is 0 Å². The SMILES string of the molecule is C=C(C)COC(C(C)O)C(CC(=O)[O-])(C(=O)[O-])C(OCC(=C)C)C(C)O. The van der Waals surface area contributed by atoms with Crippen LogP contribution in [0, 0.1) is 5.41 Å². The fraction of sp³-hybridized carbons (Fsp3) is 0.667. The van der Waals surface area contributed by atoms with Gasteiger partial charge in [-0.1, -0.05) is 24.3 Å². The van der Waals surface area contributed by atoms with Crippen molar-refractivity contribution in [3.63, 3.8) is 0 Å². The molecule has 0 aromatic heterocycles. The molecule has 0 fully saturated rings. The van der Waals surface area contributed by atoms with Crippen molar-refractivity contribution in [2.75, 3.05) is 13.2 Å². The smallest absolute Gasteiger partial charge is 0.0973 e. The molecule has 0 rings (SSSR count). The van der Waals surface area contributed by atoms with E-state index in [1.165, 1.54) is 13.8 Å². The van der Waals surface area contributed by atoms with E-state index in [2.05, 4.69) is 13.2 Å². The molecule has 0 amide bonds. The molecule has 2 N–H and O–H groups in total. The number of aliphatic hydroxyl groups is 2. The van der Waals surface area contributed by atoms with E-state index in [1.807, 2.05) is 0 Å². The third-order valence-corrected chi connectivity index (χ3v) is 3.73. The van der Waals surface area contributed by atoms with Crippen LogP contribution >= 0.6 is 0 Å². The van der Waals surface area contributed by atoms with E-state index in [-0.39, 0.29) is 13.2 Å². The Morgan fingerprint density at radius 3 is 1.50 bits per heavy atom. The van der Waals surface area contributed by atoms with E-state index < -0.39 is 48.2 Å². The van der Waals surface area contributed by atoms with Gasteiger partial charge in [0.2, 0.25) is 0 Å². The maximum atomic E-state index is 12.1. The Bertz CT molecular complexity index is 493. The second kappa shape index (κ2) is 10.4. The number of aliphatic hydroxyl groups excluding tert-OH is 2. The zero-order chi connectivity index (χ0) is 20.7. The van der Waals surface area contributed by atoms with E-state index in [4.69, 9.17) is 9.47 Å². The molecular weight excluding hydrogens is 344 g/mol. The molecule has 26 heavy (non-hydrogen) atoms. The molecule has 4 atom stereocenters. The molecule has 0 aromatic carbocycles. The predicted octanol–water partition coefficient (Wildman–Crippen LogP) is -1.45. The lowest BCUT2D eigenvalue weighted by Gasteiger charge is -2.48. The normalized spacial score (nSPS) is 18.2. The van der Waals surface area contributed by atoms with Crippen LogP contribution in [0.2, 0.25) is 0 Å². The highest BCUT2D eigenvalue weighted by Gasteiger charge is 2.52. The lowest BCUT2D eigenvalue weighted by Crippen LogP contribution is -2.65. The summed E-state index contributed by atoms with van der Waals surface area (Å²) in [5.41, 5.74) is -1.37. The second-order valence-corrected chi connectivity index (χ2v) is 6.74. The van der Waals surface area contributed by atoms with E-state index in [1.54, 1.807) is 13.8 Å². The maximum absolute atomic E-state index is 12.1. The van der Waals surface area contributed by atoms with Crippen LogP contribution < -0.4 is 10.2 Å². The van der Waals surface area contributed by atoms with Gasteiger partial charge >= 0.3 is 0 Å². The zero-order valence-corrected chi connectivity index (χ0v) is 15.7. The summed E-state index contributed by atoms with van der Waals surface area (Å²) in [4.78, 5) is 23.4. The van der Waals surface area contributed by atoms with Gasteiger partial charge in [0.05, 0.1) is 49.0 Å². The molecule has 8 nitrogen and oxygen atoms in total. The molecule has 0 heterocycles. The Morgan fingerprint density at radius 2 is 1.31 bits per heavy atom. The minimum atomic E-state index is -2.41. The average Bonchev–Trinajstić information content (AvgIpc) is 2.44. The summed E-state index contributed by atoms with van der Waals surface area (Å²) in [6.07, 6.45) is -7.05. The number of hydrogen-bond acceptors (Lipinski definition) is 8.